The minimum Gasteiger partial charge on any atom is -0.306 e. The molecule has 2 fully saturated rings. The maximum atomic E-state index is 4.65. The summed E-state index contributed by atoms with van der Waals surface area (Å²) in [5.74, 6) is 0. The highest BCUT2D eigenvalue weighted by molar-refractivity contribution is 5.07. The molecule has 1 spiro atoms. The predicted molar refractivity (Wildman–Crippen MR) is 94.8 cm³/mol. The molecule has 0 saturated carbocycles. The Morgan fingerprint density at radius 2 is 1.83 bits per heavy atom. The van der Waals surface area contributed by atoms with Crippen molar-refractivity contribution in [3.8, 4) is 0 Å². The van der Waals surface area contributed by atoms with Crippen LogP contribution in [-0.4, -0.2) is 82.9 Å². The number of aryl methyl sites for hydroxylation is 2. The van der Waals surface area contributed by atoms with Gasteiger partial charge in [-0.25, -0.2) is 0 Å². The van der Waals surface area contributed by atoms with E-state index in [4.69, 9.17) is 0 Å². The van der Waals surface area contributed by atoms with E-state index in [1.807, 2.05) is 0 Å². The van der Waals surface area contributed by atoms with Gasteiger partial charge in [0, 0.05) is 36.9 Å². The highest BCUT2D eigenvalue weighted by atomic mass is 15.4. The van der Waals surface area contributed by atoms with E-state index in [2.05, 4.69) is 65.4 Å². The molecular formula is C18H33N5. The zero-order valence-corrected chi connectivity index (χ0v) is 15.5. The third kappa shape index (κ3) is 3.47. The van der Waals surface area contributed by atoms with Crippen LogP contribution in [0.5, 0.6) is 0 Å². The Hall–Kier alpha value is -0.910. The topological polar surface area (TPSA) is 27.5 Å². The summed E-state index contributed by atoms with van der Waals surface area (Å²) < 4.78 is 2.18. The normalized spacial score (nSPS) is 25.1. The number of piperazine rings is 1. The summed E-state index contributed by atoms with van der Waals surface area (Å²) in [4.78, 5) is 7.80. The molecule has 0 aromatic carbocycles. The number of nitrogens with zero attached hydrogens (tertiary/aromatic N) is 5. The van der Waals surface area contributed by atoms with Gasteiger partial charge in [-0.05, 0) is 66.9 Å². The Labute approximate surface area is 141 Å². The fraction of sp³-hybridized carbons (Fsp3) is 0.833. The third-order valence-electron chi connectivity index (χ3n) is 6.11. The predicted octanol–water partition coefficient (Wildman–Crippen LogP) is 1.60. The minimum atomic E-state index is 0.383. The zero-order valence-electron chi connectivity index (χ0n) is 15.5. The molecule has 5 heteroatoms. The Morgan fingerprint density at radius 1 is 1.13 bits per heavy atom. The maximum absolute atomic E-state index is 4.65. The molecule has 3 heterocycles. The molecular weight excluding hydrogens is 286 g/mol. The molecule has 130 valence electrons. The van der Waals surface area contributed by atoms with Gasteiger partial charge in [-0.3, -0.25) is 14.5 Å². The summed E-state index contributed by atoms with van der Waals surface area (Å²) in [7, 11) is 4.58. The summed E-state index contributed by atoms with van der Waals surface area (Å²) in [6.07, 6.45) is 2.59. The largest absolute Gasteiger partial charge is 0.306 e. The second-order valence-electron chi connectivity index (χ2n) is 7.88. The molecule has 2 saturated heterocycles. The molecule has 0 bridgehead atoms. The Balaban J connectivity index is 1.67. The number of likely N-dealkylation sites (N-methyl/N-ethyl adjacent to an activating group) is 1. The van der Waals surface area contributed by atoms with Crippen molar-refractivity contribution < 1.29 is 0 Å². The van der Waals surface area contributed by atoms with Gasteiger partial charge in [-0.1, -0.05) is 0 Å². The number of aromatic nitrogens is 2. The number of piperidine rings is 1. The van der Waals surface area contributed by atoms with Gasteiger partial charge < -0.3 is 4.90 Å². The quantitative estimate of drug-likeness (QED) is 0.846. The van der Waals surface area contributed by atoms with Crippen LogP contribution < -0.4 is 0 Å². The SMILES string of the molecule is Cc1cc(C)n(CC(C)N2CCN(C)C3(CCN(C)CC3)C2)n1. The van der Waals surface area contributed by atoms with Crippen molar-refractivity contribution in [3.63, 3.8) is 0 Å². The molecule has 5 nitrogen and oxygen atoms in total. The van der Waals surface area contributed by atoms with Crippen molar-refractivity contribution in [2.24, 2.45) is 0 Å². The molecule has 1 aromatic heterocycles. The minimum absolute atomic E-state index is 0.383. The lowest BCUT2D eigenvalue weighted by Crippen LogP contribution is -2.65. The van der Waals surface area contributed by atoms with E-state index in [9.17, 15) is 0 Å². The van der Waals surface area contributed by atoms with Gasteiger partial charge in [0.15, 0.2) is 0 Å². The molecule has 0 amide bonds. The lowest BCUT2D eigenvalue weighted by atomic mass is 9.83. The molecule has 3 rings (SSSR count). The molecule has 23 heavy (non-hydrogen) atoms. The smallest absolute Gasteiger partial charge is 0.0596 e. The monoisotopic (exact) mass is 319 g/mol. The molecule has 1 atom stereocenters. The van der Waals surface area contributed by atoms with E-state index < -0.39 is 0 Å². The van der Waals surface area contributed by atoms with Crippen LogP contribution in [0, 0.1) is 13.8 Å². The van der Waals surface area contributed by atoms with Crippen LogP contribution in [0.4, 0.5) is 0 Å². The van der Waals surface area contributed by atoms with Gasteiger partial charge in [-0.15, -0.1) is 0 Å². The zero-order chi connectivity index (χ0) is 16.6. The van der Waals surface area contributed by atoms with Crippen molar-refractivity contribution in [1.82, 2.24) is 24.5 Å². The number of hydrogen-bond acceptors (Lipinski definition) is 4. The first kappa shape index (κ1) is 16.9. The van der Waals surface area contributed by atoms with E-state index >= 15 is 0 Å². The molecule has 1 unspecified atom stereocenters. The second kappa shape index (κ2) is 6.54. The molecule has 0 radical (unpaired) electrons. The molecule has 0 N–H and O–H groups in total. The highest BCUT2D eigenvalue weighted by Crippen LogP contribution is 2.32. The van der Waals surface area contributed by atoms with Crippen molar-refractivity contribution in [3.05, 3.63) is 17.5 Å². The van der Waals surface area contributed by atoms with E-state index in [0.29, 0.717) is 11.6 Å². The number of hydrogen-bond donors (Lipinski definition) is 0. The standard InChI is InChI=1S/C18H33N5/c1-15-12-16(2)23(19-15)13-17(3)22-11-10-21(5)18(14-22)6-8-20(4)9-7-18/h12,17H,6-11,13-14H2,1-5H3. The van der Waals surface area contributed by atoms with E-state index in [-0.39, 0.29) is 0 Å². The summed E-state index contributed by atoms with van der Waals surface area (Å²) >= 11 is 0. The average Bonchev–Trinajstić information content (AvgIpc) is 2.82. The number of likely N-dealkylation sites (tertiary alicyclic amines) is 1. The van der Waals surface area contributed by atoms with Gasteiger partial charge >= 0.3 is 0 Å². The van der Waals surface area contributed by atoms with Gasteiger partial charge in [0.1, 0.15) is 0 Å². The van der Waals surface area contributed by atoms with Crippen LogP contribution in [0.3, 0.4) is 0 Å². The van der Waals surface area contributed by atoms with Crippen LogP contribution in [0.15, 0.2) is 6.07 Å². The van der Waals surface area contributed by atoms with Crippen molar-refractivity contribution in [1.29, 1.82) is 0 Å². The van der Waals surface area contributed by atoms with Crippen LogP contribution in [-0.2, 0) is 6.54 Å². The number of rotatable bonds is 3. The Morgan fingerprint density at radius 3 is 2.43 bits per heavy atom. The fourth-order valence-electron chi connectivity index (χ4n) is 4.27. The highest BCUT2D eigenvalue weighted by Gasteiger charge is 2.42. The first-order chi connectivity index (χ1) is 10.9. The average molecular weight is 319 g/mol. The van der Waals surface area contributed by atoms with Crippen LogP contribution in [0.2, 0.25) is 0 Å². The maximum Gasteiger partial charge on any atom is 0.0596 e. The summed E-state index contributed by atoms with van der Waals surface area (Å²) in [5, 5.41) is 4.65. The van der Waals surface area contributed by atoms with Crippen LogP contribution >= 0.6 is 0 Å². The van der Waals surface area contributed by atoms with Crippen molar-refractivity contribution >= 4 is 0 Å². The Bertz CT molecular complexity index is 530. The van der Waals surface area contributed by atoms with Crippen molar-refractivity contribution in [2.45, 2.75) is 51.7 Å². The lowest BCUT2D eigenvalue weighted by Gasteiger charge is -2.54. The molecule has 0 aliphatic carbocycles. The van der Waals surface area contributed by atoms with Crippen molar-refractivity contribution in [2.75, 3.05) is 46.8 Å². The second-order valence-corrected chi connectivity index (χ2v) is 7.88. The van der Waals surface area contributed by atoms with Gasteiger partial charge in [0.2, 0.25) is 0 Å². The van der Waals surface area contributed by atoms with E-state index in [0.717, 1.165) is 12.2 Å². The summed E-state index contributed by atoms with van der Waals surface area (Å²) in [6, 6.07) is 2.72. The Kier molecular flexibility index (Phi) is 4.81. The third-order valence-corrected chi connectivity index (χ3v) is 6.11. The van der Waals surface area contributed by atoms with Gasteiger partial charge in [-0.2, -0.15) is 5.10 Å². The van der Waals surface area contributed by atoms with Crippen LogP contribution in [0.1, 0.15) is 31.2 Å². The van der Waals surface area contributed by atoms with Gasteiger partial charge in [0.05, 0.1) is 12.2 Å². The molecule has 2 aliphatic rings. The summed E-state index contributed by atoms with van der Waals surface area (Å²) in [5.41, 5.74) is 2.78. The van der Waals surface area contributed by atoms with Gasteiger partial charge in [0.25, 0.3) is 0 Å². The fourth-order valence-corrected chi connectivity index (χ4v) is 4.27. The first-order valence-electron chi connectivity index (χ1n) is 9.04. The van der Waals surface area contributed by atoms with E-state index in [1.165, 1.54) is 51.3 Å². The van der Waals surface area contributed by atoms with E-state index in [1.54, 1.807) is 0 Å². The lowest BCUT2D eigenvalue weighted by molar-refractivity contribution is -0.0374. The molecule has 2 aliphatic heterocycles. The first-order valence-corrected chi connectivity index (χ1v) is 9.04. The summed E-state index contributed by atoms with van der Waals surface area (Å²) in [6.45, 7) is 13.6. The molecule has 1 aromatic rings. The van der Waals surface area contributed by atoms with Crippen LogP contribution in [0.25, 0.3) is 0 Å².